The van der Waals surface area contributed by atoms with Crippen LogP contribution in [0.1, 0.15) is 52.9 Å². The van der Waals surface area contributed by atoms with Gasteiger partial charge in [0.15, 0.2) is 0 Å². The second-order valence-electron chi connectivity index (χ2n) is 6.28. The molecule has 2 N–H and O–H groups in total. The average molecular weight is 224 g/mol. The molecule has 4 atom stereocenters. The maximum Gasteiger partial charge on any atom is 0.0362 e. The van der Waals surface area contributed by atoms with Gasteiger partial charge in [-0.05, 0) is 51.0 Å². The van der Waals surface area contributed by atoms with Crippen molar-refractivity contribution in [3.05, 3.63) is 0 Å². The molecule has 2 fully saturated rings. The summed E-state index contributed by atoms with van der Waals surface area (Å²) in [4.78, 5) is 2.74. The molecule has 0 radical (unpaired) electrons. The van der Waals surface area contributed by atoms with Gasteiger partial charge in [0.25, 0.3) is 0 Å². The van der Waals surface area contributed by atoms with E-state index in [1.807, 2.05) is 0 Å². The standard InChI is InChI=1S/C14H28N2/c1-11-6-7-12(2)14(9-11,10-15)16-8-4-5-13(16)3/h11-13H,4-10,15H2,1-3H3. The SMILES string of the molecule is CC1CCC(C)C(CN)(N2CCCC2C)C1. The predicted molar refractivity (Wildman–Crippen MR) is 69.4 cm³/mol. The van der Waals surface area contributed by atoms with Gasteiger partial charge < -0.3 is 5.73 Å². The average Bonchev–Trinajstić information content (AvgIpc) is 2.69. The first-order valence-corrected chi connectivity index (χ1v) is 7.07. The summed E-state index contributed by atoms with van der Waals surface area (Å²) in [5.41, 5.74) is 6.50. The molecule has 1 aliphatic heterocycles. The summed E-state index contributed by atoms with van der Waals surface area (Å²) in [6.45, 7) is 9.33. The Bertz CT molecular complexity index is 241. The first-order valence-electron chi connectivity index (χ1n) is 7.07. The Balaban J connectivity index is 2.21. The molecule has 0 amide bonds. The van der Waals surface area contributed by atoms with Crippen molar-refractivity contribution in [2.75, 3.05) is 13.1 Å². The van der Waals surface area contributed by atoms with Gasteiger partial charge in [0.2, 0.25) is 0 Å². The Hall–Kier alpha value is -0.0800. The van der Waals surface area contributed by atoms with Crippen LogP contribution < -0.4 is 5.73 Å². The molecular formula is C14H28N2. The van der Waals surface area contributed by atoms with Gasteiger partial charge >= 0.3 is 0 Å². The summed E-state index contributed by atoms with van der Waals surface area (Å²) >= 11 is 0. The molecule has 2 aliphatic rings. The molecular weight excluding hydrogens is 196 g/mol. The van der Waals surface area contributed by atoms with Gasteiger partial charge in [-0.1, -0.05) is 20.3 Å². The van der Waals surface area contributed by atoms with Crippen LogP contribution in [0.2, 0.25) is 0 Å². The topological polar surface area (TPSA) is 29.3 Å². The Kier molecular flexibility index (Phi) is 3.60. The fourth-order valence-electron chi connectivity index (χ4n) is 4.11. The number of hydrogen-bond donors (Lipinski definition) is 1. The van der Waals surface area contributed by atoms with Crippen LogP contribution in [0.3, 0.4) is 0 Å². The van der Waals surface area contributed by atoms with Crippen molar-refractivity contribution in [1.82, 2.24) is 4.90 Å². The van der Waals surface area contributed by atoms with E-state index in [2.05, 4.69) is 25.7 Å². The predicted octanol–water partition coefficient (Wildman–Crippen LogP) is 2.62. The third-order valence-electron chi connectivity index (χ3n) is 5.19. The number of likely N-dealkylation sites (tertiary alicyclic amines) is 1. The smallest absolute Gasteiger partial charge is 0.0362 e. The number of hydrogen-bond acceptors (Lipinski definition) is 2. The van der Waals surface area contributed by atoms with E-state index < -0.39 is 0 Å². The van der Waals surface area contributed by atoms with Crippen molar-refractivity contribution in [3.8, 4) is 0 Å². The van der Waals surface area contributed by atoms with Crippen molar-refractivity contribution in [1.29, 1.82) is 0 Å². The van der Waals surface area contributed by atoms with Crippen LogP contribution in [0.15, 0.2) is 0 Å². The monoisotopic (exact) mass is 224 g/mol. The summed E-state index contributed by atoms with van der Waals surface area (Å²) in [6.07, 6.45) is 6.80. The molecule has 0 aromatic heterocycles. The lowest BCUT2D eigenvalue weighted by molar-refractivity contribution is -0.00846. The van der Waals surface area contributed by atoms with Gasteiger partial charge in [-0.2, -0.15) is 0 Å². The fourth-order valence-corrected chi connectivity index (χ4v) is 4.11. The molecule has 0 spiro atoms. The second-order valence-corrected chi connectivity index (χ2v) is 6.28. The van der Waals surface area contributed by atoms with Crippen molar-refractivity contribution in [3.63, 3.8) is 0 Å². The van der Waals surface area contributed by atoms with E-state index in [4.69, 9.17) is 5.73 Å². The van der Waals surface area contributed by atoms with E-state index >= 15 is 0 Å². The first-order chi connectivity index (χ1) is 7.60. The minimum atomic E-state index is 0.313. The second kappa shape index (κ2) is 4.66. The first kappa shape index (κ1) is 12.4. The number of nitrogens with two attached hydrogens (primary N) is 1. The summed E-state index contributed by atoms with van der Waals surface area (Å²) < 4.78 is 0. The Morgan fingerprint density at radius 3 is 2.50 bits per heavy atom. The summed E-state index contributed by atoms with van der Waals surface area (Å²) in [5.74, 6) is 1.63. The van der Waals surface area contributed by atoms with Gasteiger partial charge in [-0.3, -0.25) is 4.90 Å². The highest BCUT2D eigenvalue weighted by Crippen LogP contribution is 2.43. The van der Waals surface area contributed by atoms with Gasteiger partial charge in [0.05, 0.1) is 0 Å². The molecule has 2 heteroatoms. The summed E-state index contributed by atoms with van der Waals surface area (Å²) in [6, 6.07) is 0.747. The van der Waals surface area contributed by atoms with Gasteiger partial charge in [0.1, 0.15) is 0 Å². The number of nitrogens with zero attached hydrogens (tertiary/aromatic N) is 1. The summed E-state index contributed by atoms with van der Waals surface area (Å²) in [5, 5.41) is 0. The highest BCUT2D eigenvalue weighted by atomic mass is 15.3. The highest BCUT2D eigenvalue weighted by molar-refractivity contribution is 5.02. The Morgan fingerprint density at radius 1 is 1.19 bits per heavy atom. The molecule has 2 nitrogen and oxygen atoms in total. The minimum Gasteiger partial charge on any atom is -0.329 e. The van der Waals surface area contributed by atoms with Crippen LogP contribution in [-0.4, -0.2) is 29.6 Å². The fraction of sp³-hybridized carbons (Fsp3) is 1.00. The molecule has 16 heavy (non-hydrogen) atoms. The molecule has 94 valence electrons. The van der Waals surface area contributed by atoms with Crippen LogP contribution >= 0.6 is 0 Å². The van der Waals surface area contributed by atoms with Gasteiger partial charge in [0, 0.05) is 18.1 Å². The van der Waals surface area contributed by atoms with Gasteiger partial charge in [-0.15, -0.1) is 0 Å². The van der Waals surface area contributed by atoms with E-state index in [1.54, 1.807) is 0 Å². The maximum absolute atomic E-state index is 6.19. The zero-order valence-corrected chi connectivity index (χ0v) is 11.2. The molecule has 1 saturated carbocycles. The quantitative estimate of drug-likeness (QED) is 0.781. The molecule has 2 rings (SSSR count). The molecule has 0 aromatic carbocycles. The van der Waals surface area contributed by atoms with Crippen LogP contribution in [0.5, 0.6) is 0 Å². The van der Waals surface area contributed by atoms with E-state index in [0.717, 1.165) is 24.4 Å². The lowest BCUT2D eigenvalue weighted by Gasteiger charge is -2.52. The molecule has 0 aromatic rings. The number of rotatable bonds is 2. The minimum absolute atomic E-state index is 0.313. The molecule has 4 unspecified atom stereocenters. The molecule has 1 saturated heterocycles. The van der Waals surface area contributed by atoms with Gasteiger partial charge in [-0.25, -0.2) is 0 Å². The summed E-state index contributed by atoms with van der Waals surface area (Å²) in [7, 11) is 0. The van der Waals surface area contributed by atoms with Crippen molar-refractivity contribution < 1.29 is 0 Å². The van der Waals surface area contributed by atoms with E-state index in [9.17, 15) is 0 Å². The van der Waals surface area contributed by atoms with E-state index in [1.165, 1.54) is 38.6 Å². The third-order valence-corrected chi connectivity index (χ3v) is 5.19. The van der Waals surface area contributed by atoms with Crippen LogP contribution in [-0.2, 0) is 0 Å². The van der Waals surface area contributed by atoms with Crippen LogP contribution in [0, 0.1) is 11.8 Å². The van der Waals surface area contributed by atoms with Crippen LogP contribution in [0.4, 0.5) is 0 Å². The highest BCUT2D eigenvalue weighted by Gasteiger charge is 2.46. The maximum atomic E-state index is 6.19. The zero-order valence-electron chi connectivity index (χ0n) is 11.2. The van der Waals surface area contributed by atoms with Crippen molar-refractivity contribution in [2.45, 2.75) is 64.5 Å². The zero-order chi connectivity index (χ0) is 11.8. The van der Waals surface area contributed by atoms with E-state index in [-0.39, 0.29) is 0 Å². The normalized spacial score (nSPS) is 46.1. The largest absolute Gasteiger partial charge is 0.329 e. The molecule has 1 heterocycles. The van der Waals surface area contributed by atoms with Crippen molar-refractivity contribution >= 4 is 0 Å². The third kappa shape index (κ3) is 1.91. The molecule has 1 aliphatic carbocycles. The van der Waals surface area contributed by atoms with Crippen LogP contribution in [0.25, 0.3) is 0 Å². The lowest BCUT2D eigenvalue weighted by Crippen LogP contribution is -2.61. The van der Waals surface area contributed by atoms with Crippen molar-refractivity contribution in [2.24, 2.45) is 17.6 Å². The Labute approximate surface area is 101 Å². The lowest BCUT2D eigenvalue weighted by atomic mass is 9.68. The van der Waals surface area contributed by atoms with E-state index in [0.29, 0.717) is 5.54 Å². The Morgan fingerprint density at radius 2 is 1.94 bits per heavy atom. The molecule has 0 bridgehead atoms.